The molecule has 0 saturated heterocycles. The van der Waals surface area contributed by atoms with E-state index in [1.54, 1.807) is 13.2 Å². The smallest absolute Gasteiger partial charge is 0.330 e. The van der Waals surface area contributed by atoms with Crippen LogP contribution in [0.3, 0.4) is 0 Å². The zero-order chi connectivity index (χ0) is 17.4. The Morgan fingerprint density at radius 3 is 2.54 bits per heavy atom. The van der Waals surface area contributed by atoms with E-state index in [1.165, 1.54) is 13.2 Å². The van der Waals surface area contributed by atoms with E-state index in [1.807, 2.05) is 43.3 Å². The van der Waals surface area contributed by atoms with Crippen molar-refractivity contribution in [3.05, 3.63) is 59.4 Å². The molecule has 0 amide bonds. The van der Waals surface area contributed by atoms with Gasteiger partial charge in [0, 0.05) is 18.2 Å². The number of ether oxygens (including phenoxy) is 3. The molecule has 0 fully saturated rings. The molecule has 2 rings (SSSR count). The number of rotatable bonds is 7. The number of aromatic nitrogens is 1. The van der Waals surface area contributed by atoms with E-state index in [4.69, 9.17) is 9.47 Å². The fourth-order valence-corrected chi connectivity index (χ4v) is 2.09. The average Bonchev–Trinajstić information content (AvgIpc) is 2.61. The van der Waals surface area contributed by atoms with Crippen LogP contribution >= 0.6 is 0 Å². The Hall–Kier alpha value is -2.82. The first-order valence-corrected chi connectivity index (χ1v) is 7.62. The monoisotopic (exact) mass is 327 g/mol. The summed E-state index contributed by atoms with van der Waals surface area (Å²) in [5.74, 6) is 1.04. The Kier molecular flexibility index (Phi) is 6.37. The van der Waals surface area contributed by atoms with Gasteiger partial charge in [0.1, 0.15) is 17.2 Å². The van der Waals surface area contributed by atoms with Crippen LogP contribution in [-0.2, 0) is 16.0 Å². The van der Waals surface area contributed by atoms with Crippen molar-refractivity contribution >= 4 is 12.0 Å². The van der Waals surface area contributed by atoms with Crippen molar-refractivity contribution < 1.29 is 19.0 Å². The molecule has 1 heterocycles. The van der Waals surface area contributed by atoms with Crippen molar-refractivity contribution in [1.29, 1.82) is 0 Å². The summed E-state index contributed by atoms with van der Waals surface area (Å²) < 4.78 is 15.6. The predicted octanol–water partition coefficient (Wildman–Crippen LogP) is 3.21. The Bertz CT molecular complexity index is 708. The molecule has 0 aliphatic rings. The molecule has 0 radical (unpaired) electrons. The Balaban J connectivity index is 2.00. The minimum absolute atomic E-state index is 0.428. The number of hydrogen-bond donors (Lipinski definition) is 0. The fraction of sp³-hybridized carbons (Fsp3) is 0.263. The quantitative estimate of drug-likeness (QED) is 0.577. The van der Waals surface area contributed by atoms with Gasteiger partial charge in [-0.15, -0.1) is 0 Å². The molecular formula is C19H21NO4. The lowest BCUT2D eigenvalue weighted by molar-refractivity contribution is -0.134. The van der Waals surface area contributed by atoms with Crippen molar-refractivity contribution in [2.24, 2.45) is 0 Å². The summed E-state index contributed by atoms with van der Waals surface area (Å²) in [7, 11) is 2.98. The van der Waals surface area contributed by atoms with Crippen molar-refractivity contribution in [3.8, 4) is 11.5 Å². The van der Waals surface area contributed by atoms with Gasteiger partial charge in [0.05, 0.1) is 20.8 Å². The van der Waals surface area contributed by atoms with Gasteiger partial charge >= 0.3 is 5.97 Å². The standard InChI is InChI=1S/C19H21NO4/c1-14-4-10-18(17(20-14)9-11-19(21)23-3)24-13-12-15-5-7-16(22-2)8-6-15/h4-11H,12-13H2,1-3H3/b11-9+. The van der Waals surface area contributed by atoms with E-state index in [0.717, 1.165) is 23.4 Å². The third-order valence-corrected chi connectivity index (χ3v) is 3.41. The van der Waals surface area contributed by atoms with Crippen molar-refractivity contribution in [2.45, 2.75) is 13.3 Å². The van der Waals surface area contributed by atoms with E-state index >= 15 is 0 Å². The summed E-state index contributed by atoms with van der Waals surface area (Å²) in [5.41, 5.74) is 2.61. The normalized spacial score (nSPS) is 10.6. The van der Waals surface area contributed by atoms with Gasteiger partial charge in [-0.2, -0.15) is 0 Å². The van der Waals surface area contributed by atoms with Crippen LogP contribution in [-0.4, -0.2) is 31.8 Å². The van der Waals surface area contributed by atoms with Gasteiger partial charge in [-0.05, 0) is 42.8 Å². The molecule has 0 unspecified atom stereocenters. The van der Waals surface area contributed by atoms with E-state index < -0.39 is 5.97 Å². The second-order valence-corrected chi connectivity index (χ2v) is 5.14. The molecule has 0 N–H and O–H groups in total. The van der Waals surface area contributed by atoms with Crippen LogP contribution in [0, 0.1) is 6.92 Å². The molecule has 0 atom stereocenters. The maximum atomic E-state index is 11.2. The van der Waals surface area contributed by atoms with Gasteiger partial charge in [0.2, 0.25) is 0 Å². The maximum Gasteiger partial charge on any atom is 0.330 e. The zero-order valence-corrected chi connectivity index (χ0v) is 14.1. The van der Waals surface area contributed by atoms with Crippen molar-refractivity contribution in [3.63, 3.8) is 0 Å². The first kappa shape index (κ1) is 17.5. The predicted molar refractivity (Wildman–Crippen MR) is 92.2 cm³/mol. The molecule has 0 spiro atoms. The number of benzene rings is 1. The highest BCUT2D eigenvalue weighted by molar-refractivity contribution is 5.87. The molecular weight excluding hydrogens is 306 g/mol. The molecule has 24 heavy (non-hydrogen) atoms. The number of hydrogen-bond acceptors (Lipinski definition) is 5. The lowest BCUT2D eigenvalue weighted by Crippen LogP contribution is -2.04. The van der Waals surface area contributed by atoms with Gasteiger partial charge in [-0.25, -0.2) is 9.78 Å². The van der Waals surface area contributed by atoms with Crippen molar-refractivity contribution in [1.82, 2.24) is 4.98 Å². The summed E-state index contributed by atoms with van der Waals surface area (Å²) in [6.07, 6.45) is 3.69. The first-order chi connectivity index (χ1) is 11.6. The molecule has 5 nitrogen and oxygen atoms in total. The van der Waals surface area contributed by atoms with Crippen LogP contribution in [0.15, 0.2) is 42.5 Å². The molecule has 1 aromatic carbocycles. The third kappa shape index (κ3) is 5.12. The van der Waals surface area contributed by atoms with E-state index in [-0.39, 0.29) is 0 Å². The number of esters is 1. The van der Waals surface area contributed by atoms with Crippen LogP contribution in [0.4, 0.5) is 0 Å². The number of carbonyl (C=O) groups is 1. The summed E-state index contributed by atoms with van der Waals surface area (Å²) in [6.45, 7) is 2.40. The molecule has 5 heteroatoms. The van der Waals surface area contributed by atoms with Gasteiger partial charge < -0.3 is 14.2 Å². The molecule has 0 saturated carbocycles. The lowest BCUT2D eigenvalue weighted by Gasteiger charge is -2.10. The minimum atomic E-state index is -0.428. The molecule has 1 aromatic heterocycles. The Morgan fingerprint density at radius 2 is 1.88 bits per heavy atom. The fourth-order valence-electron chi connectivity index (χ4n) is 2.09. The van der Waals surface area contributed by atoms with Gasteiger partial charge in [-0.1, -0.05) is 12.1 Å². The Morgan fingerprint density at radius 1 is 1.12 bits per heavy atom. The van der Waals surface area contributed by atoms with E-state index in [0.29, 0.717) is 18.1 Å². The zero-order valence-electron chi connectivity index (χ0n) is 14.1. The third-order valence-electron chi connectivity index (χ3n) is 3.41. The summed E-state index contributed by atoms with van der Waals surface area (Å²) in [5, 5.41) is 0. The van der Waals surface area contributed by atoms with E-state index in [2.05, 4.69) is 9.72 Å². The minimum Gasteiger partial charge on any atom is -0.497 e. The van der Waals surface area contributed by atoms with Crippen LogP contribution in [0.1, 0.15) is 17.0 Å². The topological polar surface area (TPSA) is 57.7 Å². The lowest BCUT2D eigenvalue weighted by atomic mass is 10.1. The van der Waals surface area contributed by atoms with E-state index in [9.17, 15) is 4.79 Å². The summed E-state index contributed by atoms with van der Waals surface area (Å²) in [6, 6.07) is 11.6. The SMILES string of the molecule is COC(=O)/C=C/c1nc(C)ccc1OCCc1ccc(OC)cc1. The van der Waals surface area contributed by atoms with Crippen LogP contribution in [0.5, 0.6) is 11.5 Å². The van der Waals surface area contributed by atoms with Gasteiger partial charge in [0.25, 0.3) is 0 Å². The second kappa shape index (κ2) is 8.72. The molecule has 0 bridgehead atoms. The average molecular weight is 327 g/mol. The maximum absolute atomic E-state index is 11.2. The largest absolute Gasteiger partial charge is 0.497 e. The van der Waals surface area contributed by atoms with Gasteiger partial charge in [-0.3, -0.25) is 0 Å². The molecule has 0 aliphatic heterocycles. The van der Waals surface area contributed by atoms with Crippen molar-refractivity contribution in [2.75, 3.05) is 20.8 Å². The highest BCUT2D eigenvalue weighted by Gasteiger charge is 2.05. The van der Waals surface area contributed by atoms with Crippen LogP contribution in [0.2, 0.25) is 0 Å². The summed E-state index contributed by atoms with van der Waals surface area (Å²) in [4.78, 5) is 15.6. The Labute approximate surface area is 141 Å². The number of aryl methyl sites for hydroxylation is 1. The van der Waals surface area contributed by atoms with Crippen LogP contribution in [0.25, 0.3) is 6.08 Å². The number of methoxy groups -OCH3 is 2. The van der Waals surface area contributed by atoms with Crippen LogP contribution < -0.4 is 9.47 Å². The van der Waals surface area contributed by atoms with Gasteiger partial charge in [0.15, 0.2) is 0 Å². The second-order valence-electron chi connectivity index (χ2n) is 5.14. The highest BCUT2D eigenvalue weighted by Crippen LogP contribution is 2.19. The summed E-state index contributed by atoms with van der Waals surface area (Å²) >= 11 is 0. The first-order valence-electron chi connectivity index (χ1n) is 7.62. The number of nitrogens with zero attached hydrogens (tertiary/aromatic N) is 1. The number of carbonyl (C=O) groups excluding carboxylic acids is 1. The number of pyridine rings is 1. The molecule has 0 aliphatic carbocycles. The molecule has 2 aromatic rings. The molecule has 126 valence electrons. The highest BCUT2D eigenvalue weighted by atomic mass is 16.5.